The molecule has 0 amide bonds. The summed E-state index contributed by atoms with van der Waals surface area (Å²) in [6.07, 6.45) is 4.77. The molecule has 1 saturated heterocycles. The van der Waals surface area contributed by atoms with Crippen molar-refractivity contribution < 1.29 is 4.79 Å². The Morgan fingerprint density at radius 3 is 2.66 bits per heavy atom. The number of benzene rings is 1. The van der Waals surface area contributed by atoms with E-state index in [2.05, 4.69) is 46.1 Å². The first-order valence-electron chi connectivity index (χ1n) is 10.2. The van der Waals surface area contributed by atoms with Crippen LogP contribution >= 0.6 is 0 Å². The van der Waals surface area contributed by atoms with Crippen LogP contribution in [0.2, 0.25) is 0 Å². The van der Waals surface area contributed by atoms with Crippen molar-refractivity contribution in [2.45, 2.75) is 25.8 Å². The predicted molar refractivity (Wildman–Crippen MR) is 118 cm³/mol. The number of rotatable bonds is 8. The normalized spacial score (nSPS) is 17.0. The molecule has 3 rings (SSSR count). The highest BCUT2D eigenvalue weighted by Gasteiger charge is 2.24. The molecule has 1 aliphatic heterocycles. The fraction of sp³-hybridized carbons (Fsp3) is 0.500. The van der Waals surface area contributed by atoms with E-state index in [1.54, 1.807) is 6.20 Å². The number of aryl methyl sites for hydroxylation is 1. The Hall–Kier alpha value is -2.51. The molecule has 1 atom stereocenters. The second-order valence-corrected chi connectivity index (χ2v) is 8.10. The van der Waals surface area contributed by atoms with Gasteiger partial charge in [0.2, 0.25) is 0 Å². The third-order valence-electron chi connectivity index (χ3n) is 5.46. The number of aromatic nitrogens is 2. The van der Waals surface area contributed by atoms with Gasteiger partial charge in [-0.05, 0) is 53.0 Å². The van der Waals surface area contributed by atoms with E-state index in [-0.39, 0.29) is 0 Å². The molecule has 0 bridgehead atoms. The van der Waals surface area contributed by atoms with Gasteiger partial charge in [0.05, 0.1) is 6.20 Å². The molecule has 1 unspecified atom stereocenters. The van der Waals surface area contributed by atoms with Crippen molar-refractivity contribution in [1.29, 1.82) is 0 Å². The fourth-order valence-electron chi connectivity index (χ4n) is 3.56. The Morgan fingerprint density at radius 2 is 1.97 bits per heavy atom. The van der Waals surface area contributed by atoms with Crippen molar-refractivity contribution in [2.24, 2.45) is 0 Å². The summed E-state index contributed by atoms with van der Waals surface area (Å²) in [5.41, 5.74) is 2.40. The van der Waals surface area contributed by atoms with Crippen LogP contribution in [0.5, 0.6) is 0 Å². The van der Waals surface area contributed by atoms with Gasteiger partial charge in [0.25, 0.3) is 0 Å². The highest BCUT2D eigenvalue weighted by molar-refractivity contribution is 5.82. The number of likely N-dealkylation sites (N-methyl/N-ethyl adjacent to an activating group) is 2. The van der Waals surface area contributed by atoms with Crippen molar-refractivity contribution >= 4 is 23.6 Å². The zero-order valence-electron chi connectivity index (χ0n) is 17.9. The summed E-state index contributed by atoms with van der Waals surface area (Å²) in [5.74, 6) is 1.32. The minimum Gasteiger partial charge on any atom is -0.354 e. The molecule has 1 aromatic heterocycles. The number of hydrogen-bond acceptors (Lipinski definition) is 7. The van der Waals surface area contributed by atoms with Gasteiger partial charge in [0.1, 0.15) is 11.5 Å². The summed E-state index contributed by atoms with van der Waals surface area (Å²) in [6, 6.07) is 8.51. The Balaban J connectivity index is 1.74. The van der Waals surface area contributed by atoms with E-state index in [0.29, 0.717) is 17.6 Å². The molecule has 1 aliphatic rings. The quantitative estimate of drug-likeness (QED) is 0.688. The molecular formula is C22H32N6O. The number of piperidine rings is 1. The van der Waals surface area contributed by atoms with Gasteiger partial charge >= 0.3 is 0 Å². The van der Waals surface area contributed by atoms with Crippen LogP contribution in [-0.2, 0) is 0 Å². The van der Waals surface area contributed by atoms with E-state index < -0.39 is 0 Å². The Kier molecular flexibility index (Phi) is 7.17. The minimum atomic E-state index is 0.325. The molecule has 2 aromatic rings. The smallest absolute Gasteiger partial charge is 0.172 e. The molecule has 0 radical (unpaired) electrons. The van der Waals surface area contributed by atoms with Crippen molar-refractivity contribution in [3.63, 3.8) is 0 Å². The van der Waals surface area contributed by atoms with Gasteiger partial charge in [-0.1, -0.05) is 17.7 Å². The predicted octanol–water partition coefficient (Wildman–Crippen LogP) is 2.80. The topological polar surface area (TPSA) is 64.6 Å². The van der Waals surface area contributed by atoms with Crippen LogP contribution in [0.4, 0.5) is 17.3 Å². The van der Waals surface area contributed by atoms with Gasteiger partial charge in [0.15, 0.2) is 12.1 Å². The second-order valence-electron chi connectivity index (χ2n) is 8.10. The molecule has 2 heterocycles. The first kappa shape index (κ1) is 21.2. The molecule has 1 aromatic carbocycles. The largest absolute Gasteiger partial charge is 0.354 e. The average Bonchev–Trinajstić information content (AvgIpc) is 2.73. The number of carbonyl (C=O) groups excluding carboxylic acids is 1. The maximum atomic E-state index is 11.5. The number of hydrogen-bond donors (Lipinski definition) is 1. The van der Waals surface area contributed by atoms with Gasteiger partial charge in [-0.15, -0.1) is 0 Å². The van der Waals surface area contributed by atoms with Crippen LogP contribution in [0.3, 0.4) is 0 Å². The standard InChI is InChI=1S/C22H32N6O/c1-17-7-9-18(10-8-17)24-22-20(16-29)23-14-21(25-22)28-11-5-6-19(15-28)27(4)13-12-26(2)3/h7-10,14,16,19H,5-6,11-13,15H2,1-4H3,(H,24,25). The Labute approximate surface area is 173 Å². The van der Waals surface area contributed by atoms with E-state index in [0.717, 1.165) is 50.4 Å². The van der Waals surface area contributed by atoms with Crippen LogP contribution in [0.15, 0.2) is 30.5 Å². The average molecular weight is 397 g/mol. The monoisotopic (exact) mass is 396 g/mol. The third-order valence-corrected chi connectivity index (χ3v) is 5.46. The molecule has 0 aliphatic carbocycles. The van der Waals surface area contributed by atoms with E-state index in [1.165, 1.54) is 12.0 Å². The summed E-state index contributed by atoms with van der Waals surface area (Å²) in [6.45, 7) is 6.01. The summed E-state index contributed by atoms with van der Waals surface area (Å²) in [4.78, 5) is 27.5. The molecule has 0 saturated carbocycles. The molecule has 1 fully saturated rings. The highest BCUT2D eigenvalue weighted by Crippen LogP contribution is 2.24. The van der Waals surface area contributed by atoms with E-state index in [1.807, 2.05) is 31.2 Å². The number of nitrogens with zero attached hydrogens (tertiary/aromatic N) is 5. The van der Waals surface area contributed by atoms with Crippen LogP contribution in [0.1, 0.15) is 28.9 Å². The van der Waals surface area contributed by atoms with Gasteiger partial charge in [-0.2, -0.15) is 0 Å². The molecule has 7 heteroatoms. The zero-order valence-corrected chi connectivity index (χ0v) is 17.9. The van der Waals surface area contributed by atoms with Gasteiger partial charge in [0, 0.05) is 37.9 Å². The lowest BCUT2D eigenvalue weighted by Gasteiger charge is -2.38. The first-order chi connectivity index (χ1) is 14.0. The zero-order chi connectivity index (χ0) is 20.8. The lowest BCUT2D eigenvalue weighted by atomic mass is 10.0. The van der Waals surface area contributed by atoms with Crippen LogP contribution < -0.4 is 10.2 Å². The van der Waals surface area contributed by atoms with Gasteiger partial charge in [-0.3, -0.25) is 4.79 Å². The van der Waals surface area contributed by atoms with Crippen molar-refractivity contribution in [3.8, 4) is 0 Å². The van der Waals surface area contributed by atoms with Gasteiger partial charge < -0.3 is 20.0 Å². The summed E-state index contributed by atoms with van der Waals surface area (Å²) >= 11 is 0. The highest BCUT2D eigenvalue weighted by atomic mass is 16.1. The van der Waals surface area contributed by atoms with Crippen LogP contribution in [0.25, 0.3) is 0 Å². The SMILES string of the molecule is Cc1ccc(Nc2nc(N3CCCC(N(C)CCN(C)C)C3)cnc2C=O)cc1. The molecule has 29 heavy (non-hydrogen) atoms. The molecule has 156 valence electrons. The fourth-order valence-corrected chi connectivity index (χ4v) is 3.56. The lowest BCUT2D eigenvalue weighted by molar-refractivity contribution is 0.111. The molecular weight excluding hydrogens is 364 g/mol. The molecule has 7 nitrogen and oxygen atoms in total. The number of aldehydes is 1. The molecule has 1 N–H and O–H groups in total. The van der Waals surface area contributed by atoms with Crippen molar-refractivity contribution in [3.05, 3.63) is 41.7 Å². The summed E-state index contributed by atoms with van der Waals surface area (Å²) in [7, 11) is 6.41. The Bertz CT molecular complexity index is 807. The maximum absolute atomic E-state index is 11.5. The maximum Gasteiger partial charge on any atom is 0.172 e. The minimum absolute atomic E-state index is 0.325. The Morgan fingerprint density at radius 1 is 1.21 bits per heavy atom. The summed E-state index contributed by atoms with van der Waals surface area (Å²) < 4.78 is 0. The second kappa shape index (κ2) is 9.80. The van der Waals surface area contributed by atoms with Crippen LogP contribution in [0, 0.1) is 6.92 Å². The van der Waals surface area contributed by atoms with E-state index in [9.17, 15) is 4.79 Å². The summed E-state index contributed by atoms with van der Waals surface area (Å²) in [5, 5.41) is 3.25. The molecule has 0 spiro atoms. The lowest BCUT2D eigenvalue weighted by Crippen LogP contribution is -2.48. The van der Waals surface area contributed by atoms with E-state index in [4.69, 9.17) is 4.98 Å². The first-order valence-corrected chi connectivity index (χ1v) is 10.2. The third kappa shape index (κ3) is 5.74. The number of nitrogens with one attached hydrogen (secondary N) is 1. The van der Waals surface area contributed by atoms with Crippen LogP contribution in [-0.4, -0.2) is 79.4 Å². The number of carbonyl (C=O) groups is 1. The van der Waals surface area contributed by atoms with E-state index >= 15 is 0 Å². The van der Waals surface area contributed by atoms with Crippen molar-refractivity contribution in [1.82, 2.24) is 19.8 Å². The van der Waals surface area contributed by atoms with Gasteiger partial charge in [-0.25, -0.2) is 9.97 Å². The number of anilines is 3. The van der Waals surface area contributed by atoms with Crippen molar-refractivity contribution in [2.75, 3.05) is 57.5 Å².